The predicted octanol–water partition coefficient (Wildman–Crippen LogP) is 4.86. The molecule has 134 valence electrons. The number of aromatic nitrogens is 1. The molecule has 26 heavy (non-hydrogen) atoms. The zero-order chi connectivity index (χ0) is 18.7. The van der Waals surface area contributed by atoms with E-state index in [-0.39, 0.29) is 18.1 Å². The number of nitrogens with zero attached hydrogens (tertiary/aromatic N) is 1. The number of rotatable bonds is 6. The van der Waals surface area contributed by atoms with Crippen LogP contribution in [-0.2, 0) is 6.54 Å². The second kappa shape index (κ2) is 7.85. The molecule has 0 atom stereocenters. The third-order valence-corrected chi connectivity index (χ3v) is 4.74. The van der Waals surface area contributed by atoms with Gasteiger partial charge in [0.2, 0.25) is 0 Å². The lowest BCUT2D eigenvalue weighted by Gasteiger charge is -2.10. The van der Waals surface area contributed by atoms with Crippen molar-refractivity contribution in [3.8, 4) is 5.69 Å². The number of hydrogen-bond donors (Lipinski definition) is 1. The molecule has 1 aromatic heterocycles. The zero-order valence-corrected chi connectivity index (χ0v) is 15.5. The van der Waals surface area contributed by atoms with Gasteiger partial charge in [-0.15, -0.1) is 0 Å². The van der Waals surface area contributed by atoms with Crippen LogP contribution in [0.1, 0.15) is 27.3 Å². The van der Waals surface area contributed by atoms with Crippen molar-refractivity contribution in [3.63, 3.8) is 0 Å². The average molecular weight is 371 g/mol. The van der Waals surface area contributed by atoms with Crippen molar-refractivity contribution in [2.75, 3.05) is 6.54 Å². The van der Waals surface area contributed by atoms with Crippen molar-refractivity contribution in [1.82, 2.24) is 9.88 Å². The highest BCUT2D eigenvalue weighted by Gasteiger charge is 2.16. The maximum Gasteiger partial charge on any atom is 0.178 e. The van der Waals surface area contributed by atoms with Crippen LogP contribution in [0.5, 0.6) is 0 Å². The number of ketones is 1. The highest BCUT2D eigenvalue weighted by Crippen LogP contribution is 2.21. The van der Waals surface area contributed by atoms with Gasteiger partial charge >= 0.3 is 0 Å². The zero-order valence-electron chi connectivity index (χ0n) is 14.7. The molecule has 1 N–H and O–H groups in total. The minimum absolute atomic E-state index is 0.0125. The lowest BCUT2D eigenvalue weighted by atomic mass is 10.1. The number of halogens is 2. The van der Waals surface area contributed by atoms with Crippen LogP contribution in [0.4, 0.5) is 4.39 Å². The summed E-state index contributed by atoms with van der Waals surface area (Å²) in [5.41, 5.74) is 4.24. The molecule has 0 aliphatic rings. The van der Waals surface area contributed by atoms with Gasteiger partial charge in [0.15, 0.2) is 5.78 Å². The van der Waals surface area contributed by atoms with E-state index in [0.29, 0.717) is 17.1 Å². The van der Waals surface area contributed by atoms with Crippen molar-refractivity contribution in [2.45, 2.75) is 20.4 Å². The summed E-state index contributed by atoms with van der Waals surface area (Å²) in [4.78, 5) is 12.6. The minimum atomic E-state index is -0.281. The Morgan fingerprint density at radius 3 is 2.50 bits per heavy atom. The van der Waals surface area contributed by atoms with Crippen molar-refractivity contribution in [1.29, 1.82) is 0 Å². The Kier molecular flexibility index (Phi) is 5.55. The Morgan fingerprint density at radius 1 is 1.12 bits per heavy atom. The maximum absolute atomic E-state index is 13.2. The summed E-state index contributed by atoms with van der Waals surface area (Å²) in [6, 6.07) is 15.7. The fraction of sp³-hybridized carbons (Fsp3) is 0.190. The van der Waals surface area contributed by atoms with Gasteiger partial charge in [0, 0.05) is 34.2 Å². The van der Waals surface area contributed by atoms with Gasteiger partial charge in [-0.3, -0.25) is 4.79 Å². The average Bonchev–Trinajstić information content (AvgIpc) is 2.92. The van der Waals surface area contributed by atoms with Crippen LogP contribution in [0.3, 0.4) is 0 Å². The fourth-order valence-electron chi connectivity index (χ4n) is 3.08. The summed E-state index contributed by atoms with van der Waals surface area (Å²) >= 11 is 6.13. The highest BCUT2D eigenvalue weighted by molar-refractivity contribution is 6.31. The number of nitrogens with one attached hydrogen (secondary N) is 1. The second-order valence-corrected chi connectivity index (χ2v) is 6.62. The maximum atomic E-state index is 13.2. The lowest BCUT2D eigenvalue weighted by molar-refractivity contribution is 0.0990. The summed E-state index contributed by atoms with van der Waals surface area (Å²) < 4.78 is 15.1. The van der Waals surface area contributed by atoms with Gasteiger partial charge in [-0.05, 0) is 55.8 Å². The normalized spacial score (nSPS) is 10.9. The van der Waals surface area contributed by atoms with Crippen molar-refractivity contribution >= 4 is 17.4 Å². The number of Topliss-reactive ketones (excluding diaryl/α,β-unsaturated/α-hetero) is 1. The van der Waals surface area contributed by atoms with E-state index in [1.54, 1.807) is 12.1 Å². The molecule has 0 spiro atoms. The summed E-state index contributed by atoms with van der Waals surface area (Å²) in [7, 11) is 0. The quantitative estimate of drug-likeness (QED) is 0.629. The third-order valence-electron chi connectivity index (χ3n) is 4.38. The molecule has 5 heteroatoms. The lowest BCUT2D eigenvalue weighted by Crippen LogP contribution is -2.23. The molecule has 0 radical (unpaired) electrons. The van der Waals surface area contributed by atoms with E-state index >= 15 is 0 Å². The predicted molar refractivity (Wildman–Crippen MR) is 103 cm³/mol. The molecule has 1 heterocycles. The molecular formula is C21H20ClFN2O. The van der Waals surface area contributed by atoms with Gasteiger partial charge in [-0.1, -0.05) is 29.8 Å². The molecule has 3 nitrogen and oxygen atoms in total. The van der Waals surface area contributed by atoms with Gasteiger partial charge in [0.1, 0.15) is 5.82 Å². The number of benzene rings is 2. The van der Waals surface area contributed by atoms with E-state index in [2.05, 4.69) is 5.32 Å². The van der Waals surface area contributed by atoms with E-state index in [1.807, 2.05) is 48.7 Å². The Morgan fingerprint density at radius 2 is 1.81 bits per heavy atom. The third kappa shape index (κ3) is 3.87. The van der Waals surface area contributed by atoms with Crippen molar-refractivity contribution in [2.24, 2.45) is 0 Å². The molecule has 0 aliphatic carbocycles. The van der Waals surface area contributed by atoms with Crippen molar-refractivity contribution in [3.05, 3.63) is 88.0 Å². The van der Waals surface area contributed by atoms with Gasteiger partial charge in [-0.2, -0.15) is 0 Å². The molecule has 3 rings (SSSR count). The Hall–Kier alpha value is -2.43. The molecule has 2 aromatic carbocycles. The van der Waals surface area contributed by atoms with Crippen LogP contribution in [-0.4, -0.2) is 16.9 Å². The standard InChI is InChI=1S/C21H20ClFN2O/c1-14-11-19(15(2)25(14)18-9-7-17(23)8-10-18)21(26)13-24-12-16-5-3-4-6-20(16)22/h3-11,24H,12-13H2,1-2H3. The largest absolute Gasteiger partial charge is 0.318 e. The van der Waals surface area contributed by atoms with Crippen LogP contribution in [0, 0.1) is 19.7 Å². The molecule has 0 saturated carbocycles. The smallest absolute Gasteiger partial charge is 0.178 e. The van der Waals surface area contributed by atoms with Crippen LogP contribution >= 0.6 is 11.6 Å². The summed E-state index contributed by atoms with van der Waals surface area (Å²) in [5, 5.41) is 3.83. The first-order chi connectivity index (χ1) is 12.5. The number of hydrogen-bond acceptors (Lipinski definition) is 2. The van der Waals surface area contributed by atoms with Gasteiger partial charge in [0.25, 0.3) is 0 Å². The molecule has 0 aliphatic heterocycles. The molecule has 0 bridgehead atoms. The van der Waals surface area contributed by atoms with Gasteiger partial charge in [-0.25, -0.2) is 4.39 Å². The number of aryl methyl sites for hydroxylation is 1. The number of carbonyl (C=O) groups is 1. The highest BCUT2D eigenvalue weighted by atomic mass is 35.5. The monoisotopic (exact) mass is 370 g/mol. The molecule has 3 aromatic rings. The second-order valence-electron chi connectivity index (χ2n) is 6.21. The number of carbonyl (C=O) groups excluding carboxylic acids is 1. The SMILES string of the molecule is Cc1cc(C(=O)CNCc2ccccc2Cl)c(C)n1-c1ccc(F)cc1. The van der Waals surface area contributed by atoms with E-state index in [1.165, 1.54) is 12.1 Å². The minimum Gasteiger partial charge on any atom is -0.318 e. The first-order valence-electron chi connectivity index (χ1n) is 8.39. The van der Waals surface area contributed by atoms with Crippen LogP contribution in [0.25, 0.3) is 5.69 Å². The Balaban J connectivity index is 1.73. The Labute approximate surface area is 157 Å². The van der Waals surface area contributed by atoms with Crippen molar-refractivity contribution < 1.29 is 9.18 Å². The van der Waals surface area contributed by atoms with Crippen LogP contribution in [0.2, 0.25) is 5.02 Å². The fourth-order valence-corrected chi connectivity index (χ4v) is 3.28. The molecule has 0 fully saturated rings. The van der Waals surface area contributed by atoms with Gasteiger partial charge in [0.05, 0.1) is 6.54 Å². The molecule has 0 amide bonds. The molecular weight excluding hydrogens is 351 g/mol. The Bertz CT molecular complexity index is 932. The topological polar surface area (TPSA) is 34.0 Å². The van der Waals surface area contributed by atoms with Crippen LogP contribution in [0.15, 0.2) is 54.6 Å². The van der Waals surface area contributed by atoms with E-state index < -0.39 is 0 Å². The summed E-state index contributed by atoms with van der Waals surface area (Å²) in [6.45, 7) is 4.59. The van der Waals surface area contributed by atoms with E-state index in [0.717, 1.165) is 22.6 Å². The first kappa shape index (κ1) is 18.4. The first-order valence-corrected chi connectivity index (χ1v) is 8.77. The van der Waals surface area contributed by atoms with Gasteiger partial charge < -0.3 is 9.88 Å². The van der Waals surface area contributed by atoms with E-state index in [4.69, 9.17) is 11.6 Å². The summed E-state index contributed by atoms with van der Waals surface area (Å²) in [6.07, 6.45) is 0. The summed E-state index contributed by atoms with van der Waals surface area (Å²) in [5.74, 6) is -0.269. The van der Waals surface area contributed by atoms with E-state index in [9.17, 15) is 9.18 Å². The molecule has 0 unspecified atom stereocenters. The molecule has 0 saturated heterocycles. The van der Waals surface area contributed by atoms with Crippen LogP contribution < -0.4 is 5.32 Å².